The van der Waals surface area contributed by atoms with Crippen molar-refractivity contribution >= 4 is 18.1 Å². The lowest BCUT2D eigenvalue weighted by Crippen LogP contribution is -2.10. The van der Waals surface area contributed by atoms with E-state index in [0.29, 0.717) is 0 Å². The van der Waals surface area contributed by atoms with E-state index >= 15 is 0 Å². The maximum absolute atomic E-state index is 5.37. The number of hydrogen-bond donors (Lipinski definition) is 2. The van der Waals surface area contributed by atoms with Crippen molar-refractivity contribution in [2.45, 2.75) is 13.8 Å². The average molecular weight is 203 g/mol. The average Bonchev–Trinajstić information content (AvgIpc) is 2.06. The summed E-state index contributed by atoms with van der Waals surface area (Å²) in [5.41, 5.74) is 5.76. The topological polar surface area (TPSA) is 47.3 Å². The molecule has 1 aromatic carbocycles. The molecule has 0 atom stereocenters. The summed E-state index contributed by atoms with van der Waals surface area (Å²) < 4.78 is 5.15. The molecule has 0 fully saturated rings. The van der Waals surface area contributed by atoms with Gasteiger partial charge < -0.3 is 10.2 Å². The Kier molecular flexibility index (Phi) is 4.59. The number of hydrogen-bond acceptors (Lipinski definition) is 3. The Hall–Kier alpha value is -0.930. The van der Waals surface area contributed by atoms with Gasteiger partial charge in [0.1, 0.15) is 5.75 Å². The van der Waals surface area contributed by atoms with Crippen LogP contribution in [-0.2, 0) is 0 Å². The molecule has 74 valence electrons. The summed E-state index contributed by atoms with van der Waals surface area (Å²) in [5.74, 6) is 6.22. The van der Waals surface area contributed by atoms with Crippen molar-refractivity contribution in [1.82, 2.24) is 0 Å². The number of hydrazine groups is 1. The number of nitrogens with two attached hydrogens (primary N) is 1. The molecule has 0 saturated carbocycles. The lowest BCUT2D eigenvalue weighted by Gasteiger charge is -2.12. The van der Waals surface area contributed by atoms with E-state index in [2.05, 4.69) is 5.43 Å². The van der Waals surface area contributed by atoms with Gasteiger partial charge in [0.15, 0.2) is 0 Å². The summed E-state index contributed by atoms with van der Waals surface area (Å²) >= 11 is 0. The first-order valence-corrected chi connectivity index (χ1v) is 3.81. The van der Waals surface area contributed by atoms with Crippen LogP contribution >= 0.6 is 12.4 Å². The fourth-order valence-corrected chi connectivity index (χ4v) is 1.27. The van der Waals surface area contributed by atoms with Crippen LogP contribution in [0, 0.1) is 13.8 Å². The zero-order chi connectivity index (χ0) is 9.14. The van der Waals surface area contributed by atoms with Gasteiger partial charge in [-0.3, -0.25) is 5.84 Å². The van der Waals surface area contributed by atoms with Crippen molar-refractivity contribution in [1.29, 1.82) is 0 Å². The fourth-order valence-electron chi connectivity index (χ4n) is 1.27. The number of aryl methyl sites for hydroxylation is 1. The van der Waals surface area contributed by atoms with Gasteiger partial charge in [0.25, 0.3) is 0 Å². The molecule has 0 heterocycles. The standard InChI is InChI=1S/C9H14N2O.ClH/c1-6-4-5-8(12-3)7(2)9(6)11-10;/h4-5,11H,10H2,1-3H3;1H. The lowest BCUT2D eigenvalue weighted by atomic mass is 10.1. The zero-order valence-electron chi connectivity index (χ0n) is 8.05. The van der Waals surface area contributed by atoms with Gasteiger partial charge in [-0.15, -0.1) is 12.4 Å². The van der Waals surface area contributed by atoms with Gasteiger partial charge in [0.2, 0.25) is 0 Å². The van der Waals surface area contributed by atoms with Crippen molar-refractivity contribution in [2.24, 2.45) is 5.84 Å². The molecule has 0 radical (unpaired) electrons. The lowest BCUT2D eigenvalue weighted by molar-refractivity contribution is 0.412. The molecular weight excluding hydrogens is 188 g/mol. The van der Waals surface area contributed by atoms with Crippen LogP contribution in [0.3, 0.4) is 0 Å². The van der Waals surface area contributed by atoms with Crippen molar-refractivity contribution in [2.75, 3.05) is 12.5 Å². The van der Waals surface area contributed by atoms with E-state index in [4.69, 9.17) is 10.6 Å². The predicted molar refractivity (Wildman–Crippen MR) is 57.5 cm³/mol. The Morgan fingerprint density at radius 3 is 2.38 bits per heavy atom. The molecule has 0 bridgehead atoms. The molecule has 0 amide bonds. The Morgan fingerprint density at radius 2 is 1.92 bits per heavy atom. The molecule has 3 N–H and O–H groups in total. The van der Waals surface area contributed by atoms with E-state index in [9.17, 15) is 0 Å². The maximum Gasteiger partial charge on any atom is 0.123 e. The molecule has 4 heteroatoms. The summed E-state index contributed by atoms with van der Waals surface area (Å²) in [4.78, 5) is 0. The SMILES string of the molecule is COc1ccc(C)c(NN)c1C.Cl. The maximum atomic E-state index is 5.37. The third-order valence-electron chi connectivity index (χ3n) is 1.99. The number of benzene rings is 1. The Morgan fingerprint density at radius 1 is 1.31 bits per heavy atom. The molecule has 0 aliphatic rings. The second-order valence-corrected chi connectivity index (χ2v) is 2.73. The van der Waals surface area contributed by atoms with Gasteiger partial charge in [0, 0.05) is 5.56 Å². The van der Waals surface area contributed by atoms with Crippen molar-refractivity contribution in [3.05, 3.63) is 23.3 Å². The monoisotopic (exact) mass is 202 g/mol. The van der Waals surface area contributed by atoms with Crippen LogP contribution in [0.1, 0.15) is 11.1 Å². The first-order valence-electron chi connectivity index (χ1n) is 3.81. The highest BCUT2D eigenvalue weighted by Gasteiger charge is 2.05. The molecule has 0 saturated heterocycles. The molecule has 0 aromatic heterocycles. The number of halogens is 1. The van der Waals surface area contributed by atoms with Crippen LogP contribution in [0.5, 0.6) is 5.75 Å². The van der Waals surface area contributed by atoms with Gasteiger partial charge in [-0.25, -0.2) is 0 Å². The summed E-state index contributed by atoms with van der Waals surface area (Å²) in [7, 11) is 1.65. The van der Waals surface area contributed by atoms with Crippen LogP contribution in [0.25, 0.3) is 0 Å². The van der Waals surface area contributed by atoms with E-state index in [1.807, 2.05) is 26.0 Å². The second-order valence-electron chi connectivity index (χ2n) is 2.73. The third-order valence-corrected chi connectivity index (χ3v) is 1.99. The number of nitrogens with one attached hydrogen (secondary N) is 1. The van der Waals surface area contributed by atoms with E-state index < -0.39 is 0 Å². The van der Waals surface area contributed by atoms with Gasteiger partial charge in [-0.05, 0) is 25.5 Å². The van der Waals surface area contributed by atoms with Crippen molar-refractivity contribution in [3.8, 4) is 5.75 Å². The molecule has 0 aliphatic heterocycles. The second kappa shape index (κ2) is 4.94. The summed E-state index contributed by atoms with van der Waals surface area (Å²) in [6.07, 6.45) is 0. The van der Waals surface area contributed by atoms with Crippen LogP contribution in [0.2, 0.25) is 0 Å². The smallest absolute Gasteiger partial charge is 0.123 e. The van der Waals surface area contributed by atoms with Gasteiger partial charge >= 0.3 is 0 Å². The Bertz CT molecular complexity index is 289. The van der Waals surface area contributed by atoms with Gasteiger partial charge in [-0.1, -0.05) is 6.07 Å². The fraction of sp³-hybridized carbons (Fsp3) is 0.333. The van der Waals surface area contributed by atoms with E-state index in [1.165, 1.54) is 0 Å². The zero-order valence-corrected chi connectivity index (χ0v) is 8.87. The predicted octanol–water partition coefficient (Wildman–Crippen LogP) is 2.02. The molecule has 1 aromatic rings. The Balaban J connectivity index is 0.00000144. The van der Waals surface area contributed by atoms with Gasteiger partial charge in [0.05, 0.1) is 12.8 Å². The molecule has 0 unspecified atom stereocenters. The normalized spacial score (nSPS) is 8.92. The number of ether oxygens (including phenoxy) is 1. The van der Waals surface area contributed by atoms with Crippen LogP contribution in [0.15, 0.2) is 12.1 Å². The summed E-state index contributed by atoms with van der Waals surface area (Å²) in [6, 6.07) is 3.91. The third kappa shape index (κ3) is 2.26. The first-order chi connectivity index (χ1) is 5.70. The molecular formula is C9H15ClN2O. The minimum absolute atomic E-state index is 0. The quantitative estimate of drug-likeness (QED) is 0.570. The number of anilines is 1. The summed E-state index contributed by atoms with van der Waals surface area (Å²) in [6.45, 7) is 3.97. The van der Waals surface area contributed by atoms with Crippen LogP contribution in [0.4, 0.5) is 5.69 Å². The van der Waals surface area contributed by atoms with E-state index in [1.54, 1.807) is 7.11 Å². The van der Waals surface area contributed by atoms with Crippen LogP contribution in [-0.4, -0.2) is 7.11 Å². The largest absolute Gasteiger partial charge is 0.496 e. The molecule has 1 rings (SSSR count). The molecule has 0 aliphatic carbocycles. The highest BCUT2D eigenvalue weighted by Crippen LogP contribution is 2.27. The molecule has 0 spiro atoms. The minimum Gasteiger partial charge on any atom is -0.496 e. The van der Waals surface area contributed by atoms with Crippen molar-refractivity contribution < 1.29 is 4.74 Å². The summed E-state index contributed by atoms with van der Waals surface area (Å²) in [5, 5.41) is 0. The van der Waals surface area contributed by atoms with E-state index in [-0.39, 0.29) is 12.4 Å². The highest BCUT2D eigenvalue weighted by molar-refractivity contribution is 5.85. The number of rotatable bonds is 2. The van der Waals surface area contributed by atoms with Crippen LogP contribution < -0.4 is 16.0 Å². The highest BCUT2D eigenvalue weighted by atomic mass is 35.5. The Labute approximate surface area is 84.7 Å². The molecule has 3 nitrogen and oxygen atoms in total. The minimum atomic E-state index is 0. The molecule has 13 heavy (non-hydrogen) atoms. The van der Waals surface area contributed by atoms with Gasteiger partial charge in [-0.2, -0.15) is 0 Å². The number of methoxy groups -OCH3 is 1. The van der Waals surface area contributed by atoms with E-state index in [0.717, 1.165) is 22.6 Å². The first kappa shape index (κ1) is 12.1. The van der Waals surface area contributed by atoms with Crippen molar-refractivity contribution in [3.63, 3.8) is 0 Å². The number of nitrogen functional groups attached to an aromatic ring is 1.